The SMILES string of the molecule is CCC[C@@]1(C(=O)N[C@@H](CCC(=O)O)C(=O)O)CCCN1C(=O)CN. The predicted octanol–water partition coefficient (Wildman–Crippen LogP) is -0.459. The summed E-state index contributed by atoms with van der Waals surface area (Å²) in [6, 6.07) is -1.31. The van der Waals surface area contributed by atoms with E-state index in [1.165, 1.54) is 4.90 Å². The number of nitrogens with two attached hydrogens (primary N) is 1. The minimum absolute atomic E-state index is 0.219. The van der Waals surface area contributed by atoms with E-state index in [1.54, 1.807) is 0 Å². The van der Waals surface area contributed by atoms with E-state index in [4.69, 9.17) is 10.8 Å². The first-order chi connectivity index (χ1) is 11.3. The van der Waals surface area contributed by atoms with Crippen molar-refractivity contribution < 1.29 is 29.4 Å². The lowest BCUT2D eigenvalue weighted by Gasteiger charge is -2.37. The summed E-state index contributed by atoms with van der Waals surface area (Å²) < 4.78 is 0. The van der Waals surface area contributed by atoms with Crippen molar-refractivity contribution in [2.75, 3.05) is 13.1 Å². The highest BCUT2D eigenvalue weighted by Gasteiger charge is 2.49. The molecule has 0 aliphatic carbocycles. The zero-order chi connectivity index (χ0) is 18.3. The van der Waals surface area contributed by atoms with Crippen LogP contribution in [0.3, 0.4) is 0 Å². The van der Waals surface area contributed by atoms with Gasteiger partial charge in [0.25, 0.3) is 0 Å². The first kappa shape index (κ1) is 19.9. The number of amides is 2. The number of carboxylic acids is 2. The van der Waals surface area contributed by atoms with Crippen molar-refractivity contribution in [2.45, 2.75) is 57.0 Å². The van der Waals surface area contributed by atoms with Crippen LogP contribution in [0.4, 0.5) is 0 Å². The minimum atomic E-state index is -1.31. The Bertz CT molecular complexity index is 509. The third-order valence-corrected chi connectivity index (χ3v) is 4.30. The van der Waals surface area contributed by atoms with Crippen LogP contribution in [0.15, 0.2) is 0 Å². The molecule has 1 saturated heterocycles. The van der Waals surface area contributed by atoms with Gasteiger partial charge in [0.1, 0.15) is 11.6 Å². The van der Waals surface area contributed by atoms with Gasteiger partial charge < -0.3 is 26.2 Å². The smallest absolute Gasteiger partial charge is 0.326 e. The molecule has 9 heteroatoms. The maximum Gasteiger partial charge on any atom is 0.326 e. The lowest BCUT2D eigenvalue weighted by Crippen LogP contribution is -2.60. The molecule has 2 amide bonds. The fourth-order valence-corrected chi connectivity index (χ4v) is 3.19. The summed E-state index contributed by atoms with van der Waals surface area (Å²) in [4.78, 5) is 48.2. The van der Waals surface area contributed by atoms with E-state index >= 15 is 0 Å². The number of hydrogen-bond donors (Lipinski definition) is 4. The Morgan fingerprint density at radius 2 is 1.96 bits per heavy atom. The average molecular weight is 343 g/mol. The second kappa shape index (κ2) is 8.62. The summed E-state index contributed by atoms with van der Waals surface area (Å²) in [6.45, 7) is 2.05. The maximum absolute atomic E-state index is 12.8. The molecule has 0 aromatic heterocycles. The molecule has 2 atom stereocenters. The molecule has 24 heavy (non-hydrogen) atoms. The Morgan fingerprint density at radius 1 is 1.29 bits per heavy atom. The zero-order valence-electron chi connectivity index (χ0n) is 13.8. The van der Waals surface area contributed by atoms with Crippen LogP contribution >= 0.6 is 0 Å². The highest BCUT2D eigenvalue weighted by Crippen LogP contribution is 2.34. The van der Waals surface area contributed by atoms with E-state index in [2.05, 4.69) is 5.32 Å². The number of hydrogen-bond acceptors (Lipinski definition) is 5. The molecule has 1 fully saturated rings. The van der Waals surface area contributed by atoms with Crippen LogP contribution in [-0.2, 0) is 19.2 Å². The second-order valence-corrected chi connectivity index (χ2v) is 5.93. The molecular formula is C15H25N3O6. The summed E-state index contributed by atoms with van der Waals surface area (Å²) in [5, 5.41) is 20.3. The number of aliphatic carboxylic acids is 2. The number of carboxylic acid groups (broad SMARTS) is 2. The molecule has 136 valence electrons. The second-order valence-electron chi connectivity index (χ2n) is 5.93. The van der Waals surface area contributed by atoms with Crippen LogP contribution in [0.5, 0.6) is 0 Å². The molecule has 9 nitrogen and oxygen atoms in total. The van der Waals surface area contributed by atoms with Gasteiger partial charge in [0.15, 0.2) is 0 Å². The Kier molecular flexibility index (Phi) is 7.15. The van der Waals surface area contributed by atoms with Gasteiger partial charge in [0.05, 0.1) is 6.54 Å². The van der Waals surface area contributed by atoms with E-state index in [-0.39, 0.29) is 25.3 Å². The van der Waals surface area contributed by atoms with Gasteiger partial charge in [-0.3, -0.25) is 14.4 Å². The monoisotopic (exact) mass is 343 g/mol. The number of carbonyl (C=O) groups is 4. The predicted molar refractivity (Wildman–Crippen MR) is 84.1 cm³/mol. The lowest BCUT2D eigenvalue weighted by molar-refractivity contribution is -0.148. The number of carbonyl (C=O) groups excluding carboxylic acids is 2. The molecule has 1 rings (SSSR count). The summed E-state index contributed by atoms with van der Waals surface area (Å²) in [6.07, 6.45) is 1.51. The summed E-state index contributed by atoms with van der Waals surface area (Å²) >= 11 is 0. The quantitative estimate of drug-likeness (QED) is 0.442. The Labute approximate surface area is 140 Å². The fourth-order valence-electron chi connectivity index (χ4n) is 3.19. The maximum atomic E-state index is 12.8. The van der Waals surface area contributed by atoms with Crippen molar-refractivity contribution in [3.63, 3.8) is 0 Å². The molecule has 0 bridgehead atoms. The molecule has 1 aliphatic rings. The number of nitrogens with one attached hydrogen (secondary N) is 1. The van der Waals surface area contributed by atoms with Gasteiger partial charge in [0, 0.05) is 13.0 Å². The van der Waals surface area contributed by atoms with E-state index in [1.807, 2.05) is 6.92 Å². The largest absolute Gasteiger partial charge is 0.481 e. The average Bonchev–Trinajstić information content (AvgIpc) is 2.95. The number of rotatable bonds is 9. The van der Waals surface area contributed by atoms with E-state index < -0.39 is 29.4 Å². The van der Waals surface area contributed by atoms with Crippen molar-refractivity contribution in [1.82, 2.24) is 10.2 Å². The first-order valence-electron chi connectivity index (χ1n) is 8.04. The Morgan fingerprint density at radius 3 is 2.46 bits per heavy atom. The molecule has 0 radical (unpaired) electrons. The van der Waals surface area contributed by atoms with Crippen molar-refractivity contribution in [3.8, 4) is 0 Å². The highest BCUT2D eigenvalue weighted by atomic mass is 16.4. The topological polar surface area (TPSA) is 150 Å². The van der Waals surface area contributed by atoms with Crippen molar-refractivity contribution in [1.29, 1.82) is 0 Å². The fraction of sp³-hybridized carbons (Fsp3) is 0.733. The molecule has 0 saturated carbocycles. The van der Waals surface area contributed by atoms with Crippen LogP contribution in [-0.4, -0.2) is 63.5 Å². The van der Waals surface area contributed by atoms with Gasteiger partial charge >= 0.3 is 11.9 Å². The van der Waals surface area contributed by atoms with E-state index in [9.17, 15) is 24.3 Å². The molecule has 0 spiro atoms. The number of nitrogens with zero attached hydrogens (tertiary/aromatic N) is 1. The molecule has 0 aromatic carbocycles. The Balaban J connectivity index is 2.97. The summed E-state index contributed by atoms with van der Waals surface area (Å²) in [5.41, 5.74) is 4.31. The van der Waals surface area contributed by atoms with Crippen LogP contribution in [0.2, 0.25) is 0 Å². The van der Waals surface area contributed by atoms with Crippen molar-refractivity contribution in [3.05, 3.63) is 0 Å². The van der Waals surface area contributed by atoms with Crippen molar-refractivity contribution in [2.24, 2.45) is 5.73 Å². The van der Waals surface area contributed by atoms with E-state index in [0.29, 0.717) is 32.2 Å². The first-order valence-corrected chi connectivity index (χ1v) is 8.04. The van der Waals surface area contributed by atoms with Gasteiger partial charge in [-0.2, -0.15) is 0 Å². The molecule has 0 unspecified atom stereocenters. The molecule has 0 aromatic rings. The minimum Gasteiger partial charge on any atom is -0.481 e. The van der Waals surface area contributed by atoms with Gasteiger partial charge in [-0.15, -0.1) is 0 Å². The van der Waals surface area contributed by atoms with Crippen molar-refractivity contribution >= 4 is 23.8 Å². The molecule has 1 aliphatic heterocycles. The molecule has 5 N–H and O–H groups in total. The standard InChI is InChI=1S/C15H25N3O6/c1-2-6-15(7-3-8-18(15)11(19)9-16)14(24)17-10(13(22)23)4-5-12(20)21/h10H,2-9,16H2,1H3,(H,17,24)(H,20,21)(H,22,23)/t10-,15-/m0/s1. The van der Waals surface area contributed by atoms with Crippen LogP contribution in [0.1, 0.15) is 45.4 Å². The third-order valence-electron chi connectivity index (χ3n) is 4.30. The van der Waals surface area contributed by atoms with Crippen LogP contribution in [0, 0.1) is 0 Å². The summed E-state index contributed by atoms with van der Waals surface area (Å²) in [7, 11) is 0. The van der Waals surface area contributed by atoms with Crippen LogP contribution in [0.25, 0.3) is 0 Å². The van der Waals surface area contributed by atoms with Gasteiger partial charge in [-0.05, 0) is 25.7 Å². The number of likely N-dealkylation sites (tertiary alicyclic amines) is 1. The highest BCUT2D eigenvalue weighted by molar-refractivity contribution is 5.94. The van der Waals surface area contributed by atoms with Gasteiger partial charge in [-0.1, -0.05) is 13.3 Å². The summed E-state index contributed by atoms with van der Waals surface area (Å²) in [5.74, 6) is -3.35. The molecule has 1 heterocycles. The van der Waals surface area contributed by atoms with Gasteiger partial charge in [0.2, 0.25) is 11.8 Å². The van der Waals surface area contributed by atoms with E-state index in [0.717, 1.165) is 0 Å². The third kappa shape index (κ3) is 4.44. The van der Waals surface area contributed by atoms with Gasteiger partial charge in [-0.25, -0.2) is 4.79 Å². The zero-order valence-corrected chi connectivity index (χ0v) is 13.8. The lowest BCUT2D eigenvalue weighted by atomic mass is 9.88. The molecular weight excluding hydrogens is 318 g/mol. The normalized spacial score (nSPS) is 21.3. The Hall–Kier alpha value is -2.16. The van der Waals surface area contributed by atoms with Crippen LogP contribution < -0.4 is 11.1 Å².